The Kier molecular flexibility index (Phi) is 6.82. The predicted molar refractivity (Wildman–Crippen MR) is 132 cm³/mol. The Morgan fingerprint density at radius 3 is 2.12 bits per heavy atom. The zero-order valence-electron chi connectivity index (χ0n) is 17.4. The zero-order chi connectivity index (χ0) is 23.8. The molecule has 0 saturated carbocycles. The average Bonchev–Trinajstić information content (AvgIpc) is 3.22. The van der Waals surface area contributed by atoms with E-state index in [0.29, 0.717) is 16.1 Å². The lowest BCUT2D eigenvalue weighted by molar-refractivity contribution is 0.0915. The highest BCUT2D eigenvalue weighted by Crippen LogP contribution is 2.39. The summed E-state index contributed by atoms with van der Waals surface area (Å²) < 4.78 is 28.6. The van der Waals surface area contributed by atoms with Crippen LogP contribution in [0.25, 0.3) is 0 Å². The van der Waals surface area contributed by atoms with E-state index in [0.717, 1.165) is 9.87 Å². The number of Topliss-reactive ketones (excluding diaryl/α,β-unsaturated/α-hetero) is 1. The van der Waals surface area contributed by atoms with Gasteiger partial charge in [-0.05, 0) is 48.9 Å². The minimum absolute atomic E-state index is 0.0115. The Morgan fingerprint density at radius 1 is 0.939 bits per heavy atom. The number of benzene rings is 3. The van der Waals surface area contributed by atoms with E-state index < -0.39 is 32.7 Å². The van der Waals surface area contributed by atoms with E-state index in [-0.39, 0.29) is 10.7 Å². The van der Waals surface area contributed by atoms with Crippen molar-refractivity contribution in [2.45, 2.75) is 28.7 Å². The molecule has 0 radical (unpaired) electrons. The molecule has 0 N–H and O–H groups in total. The lowest BCUT2D eigenvalue weighted by atomic mass is 9.94. The number of halogens is 3. The van der Waals surface area contributed by atoms with Crippen LogP contribution in [0.15, 0.2) is 88.8 Å². The standard InChI is InChI=1S/C24H19Cl3N2O3S/c1-15-7-13-19(14-8-15)33(31,32)29-21(22(30)17-9-11-18(25)12-10-17)20(28-24(29)23(26)27)16-5-3-2-4-6-16/h2-14,20-21,23H,1H3/t20-,21+/m1/s1. The quantitative estimate of drug-likeness (QED) is 0.302. The Bertz CT molecular complexity index is 1290. The average molecular weight is 522 g/mol. The number of rotatable bonds is 6. The van der Waals surface area contributed by atoms with E-state index >= 15 is 0 Å². The first-order valence-corrected chi connectivity index (χ1v) is 12.7. The molecule has 1 aliphatic heterocycles. The van der Waals surface area contributed by atoms with Gasteiger partial charge in [0.1, 0.15) is 17.9 Å². The molecular weight excluding hydrogens is 503 g/mol. The minimum Gasteiger partial charge on any atom is -0.292 e. The van der Waals surface area contributed by atoms with Crippen LogP contribution in [0.4, 0.5) is 0 Å². The van der Waals surface area contributed by atoms with Gasteiger partial charge in [0.25, 0.3) is 10.0 Å². The molecule has 9 heteroatoms. The molecule has 3 aromatic carbocycles. The third-order valence-electron chi connectivity index (χ3n) is 5.36. The largest absolute Gasteiger partial charge is 0.292 e. The summed E-state index contributed by atoms with van der Waals surface area (Å²) in [6.45, 7) is 1.85. The molecule has 33 heavy (non-hydrogen) atoms. The molecule has 0 spiro atoms. The summed E-state index contributed by atoms with van der Waals surface area (Å²) in [5.74, 6) is -0.538. The number of hydrogen-bond donors (Lipinski definition) is 0. The predicted octanol–water partition coefficient (Wildman–Crippen LogP) is 5.85. The van der Waals surface area contributed by atoms with E-state index in [9.17, 15) is 13.2 Å². The summed E-state index contributed by atoms with van der Waals surface area (Å²) in [4.78, 5) is 17.0. The van der Waals surface area contributed by atoms with Crippen LogP contribution < -0.4 is 0 Å². The molecule has 0 amide bonds. The van der Waals surface area contributed by atoms with Gasteiger partial charge in [-0.25, -0.2) is 12.7 Å². The Hall–Kier alpha value is -2.38. The molecule has 0 unspecified atom stereocenters. The van der Waals surface area contributed by atoms with Gasteiger partial charge >= 0.3 is 0 Å². The van der Waals surface area contributed by atoms with Crippen molar-refractivity contribution >= 4 is 56.4 Å². The van der Waals surface area contributed by atoms with Gasteiger partial charge in [-0.3, -0.25) is 9.79 Å². The maximum atomic E-state index is 13.8. The first-order valence-electron chi connectivity index (χ1n) is 10.0. The first kappa shape index (κ1) is 23.8. The van der Waals surface area contributed by atoms with Crippen molar-refractivity contribution in [3.05, 3.63) is 101 Å². The molecule has 0 aromatic heterocycles. The highest BCUT2D eigenvalue weighted by Gasteiger charge is 2.49. The third kappa shape index (κ3) is 4.66. The number of aliphatic imine (C=N–C) groups is 1. The smallest absolute Gasteiger partial charge is 0.266 e. The molecule has 5 nitrogen and oxygen atoms in total. The molecular formula is C24H19Cl3N2O3S. The third-order valence-corrected chi connectivity index (χ3v) is 7.80. The summed E-state index contributed by atoms with van der Waals surface area (Å²) >= 11 is 18.4. The van der Waals surface area contributed by atoms with Crippen LogP contribution in [0, 0.1) is 6.92 Å². The summed E-state index contributed by atoms with van der Waals surface area (Å²) in [6.07, 6.45) is 0. The molecule has 3 aromatic rings. The summed E-state index contributed by atoms with van der Waals surface area (Å²) in [5.41, 5.74) is 1.86. The van der Waals surface area contributed by atoms with Crippen molar-refractivity contribution in [2.75, 3.05) is 0 Å². The molecule has 0 aliphatic carbocycles. The fraction of sp³-hybridized carbons (Fsp3) is 0.167. The number of amidine groups is 1. The van der Waals surface area contributed by atoms with Crippen molar-refractivity contribution < 1.29 is 13.2 Å². The van der Waals surface area contributed by atoms with Gasteiger partial charge in [0.15, 0.2) is 10.6 Å². The summed E-state index contributed by atoms with van der Waals surface area (Å²) in [7, 11) is -4.21. The second kappa shape index (κ2) is 9.47. The molecule has 4 rings (SSSR count). The fourth-order valence-electron chi connectivity index (χ4n) is 3.73. The summed E-state index contributed by atoms with van der Waals surface area (Å²) in [6, 6.07) is 19.6. The normalized spacial score (nSPS) is 18.5. The molecule has 0 saturated heterocycles. The highest BCUT2D eigenvalue weighted by atomic mass is 35.5. The topological polar surface area (TPSA) is 66.8 Å². The van der Waals surface area contributed by atoms with Crippen LogP contribution in [0.3, 0.4) is 0 Å². The van der Waals surface area contributed by atoms with Gasteiger partial charge in [0.05, 0.1) is 4.90 Å². The van der Waals surface area contributed by atoms with Crippen molar-refractivity contribution in [1.82, 2.24) is 4.31 Å². The highest BCUT2D eigenvalue weighted by molar-refractivity contribution is 7.89. The molecule has 0 bridgehead atoms. The maximum absolute atomic E-state index is 13.8. The van der Waals surface area contributed by atoms with Gasteiger partial charge in [-0.15, -0.1) is 0 Å². The van der Waals surface area contributed by atoms with Crippen molar-refractivity contribution in [3.8, 4) is 0 Å². The van der Waals surface area contributed by atoms with Gasteiger partial charge in [-0.2, -0.15) is 0 Å². The molecule has 0 fully saturated rings. The minimum atomic E-state index is -4.21. The van der Waals surface area contributed by atoms with Crippen LogP contribution in [-0.4, -0.2) is 35.2 Å². The van der Waals surface area contributed by atoms with Gasteiger partial charge in [-0.1, -0.05) is 82.8 Å². The number of carbonyl (C=O) groups excluding carboxylic acids is 1. The van der Waals surface area contributed by atoms with Crippen molar-refractivity contribution in [3.63, 3.8) is 0 Å². The summed E-state index contributed by atoms with van der Waals surface area (Å²) in [5, 5.41) is 0.459. The molecule has 2 atom stereocenters. The molecule has 1 aliphatic rings. The Labute approximate surface area is 207 Å². The monoisotopic (exact) mass is 520 g/mol. The number of carbonyl (C=O) groups is 1. The Morgan fingerprint density at radius 2 is 1.55 bits per heavy atom. The number of ketones is 1. The first-order chi connectivity index (χ1) is 15.7. The van der Waals surface area contributed by atoms with Gasteiger partial charge < -0.3 is 0 Å². The van der Waals surface area contributed by atoms with Gasteiger partial charge in [0.2, 0.25) is 0 Å². The fourth-order valence-corrected chi connectivity index (χ4v) is 5.91. The van der Waals surface area contributed by atoms with E-state index in [1.165, 1.54) is 12.1 Å². The lowest BCUT2D eigenvalue weighted by Gasteiger charge is -2.29. The maximum Gasteiger partial charge on any atom is 0.266 e. The zero-order valence-corrected chi connectivity index (χ0v) is 20.5. The Balaban J connectivity index is 1.90. The van der Waals surface area contributed by atoms with E-state index in [1.807, 2.05) is 13.0 Å². The number of hydrogen-bond acceptors (Lipinski definition) is 4. The van der Waals surface area contributed by atoms with Crippen LogP contribution in [0.5, 0.6) is 0 Å². The van der Waals surface area contributed by atoms with E-state index in [1.54, 1.807) is 60.7 Å². The second-order valence-electron chi connectivity index (χ2n) is 7.57. The van der Waals surface area contributed by atoms with Crippen molar-refractivity contribution in [1.29, 1.82) is 0 Å². The number of alkyl halides is 2. The molecule has 170 valence electrons. The van der Waals surface area contributed by atoms with Gasteiger partial charge in [0, 0.05) is 10.6 Å². The van der Waals surface area contributed by atoms with Crippen LogP contribution in [-0.2, 0) is 10.0 Å². The van der Waals surface area contributed by atoms with Crippen molar-refractivity contribution in [2.24, 2.45) is 4.99 Å². The van der Waals surface area contributed by atoms with Crippen LogP contribution in [0.2, 0.25) is 5.02 Å². The van der Waals surface area contributed by atoms with Crippen LogP contribution >= 0.6 is 34.8 Å². The lowest BCUT2D eigenvalue weighted by Crippen LogP contribution is -2.48. The second-order valence-corrected chi connectivity index (χ2v) is 10.9. The van der Waals surface area contributed by atoms with Crippen LogP contribution in [0.1, 0.15) is 27.5 Å². The van der Waals surface area contributed by atoms with E-state index in [4.69, 9.17) is 34.8 Å². The number of aryl methyl sites for hydroxylation is 1. The number of sulfonamides is 1. The SMILES string of the molecule is Cc1ccc(S(=O)(=O)N2C(C(Cl)Cl)=N[C@H](c3ccccc3)[C@H]2C(=O)c2ccc(Cl)cc2)cc1. The number of nitrogens with zero attached hydrogens (tertiary/aromatic N) is 2. The molecule has 1 heterocycles. The van der Waals surface area contributed by atoms with E-state index in [2.05, 4.69) is 4.99 Å².